The molecule has 0 aliphatic heterocycles. The molecule has 192 valence electrons. The largest absolute Gasteiger partial charge is 0.488 e. The Hall–Kier alpha value is -3.20. The quantitative estimate of drug-likeness (QED) is 0.411. The minimum Gasteiger partial charge on any atom is -0.488 e. The fraction of sp³-hybridized carbons (Fsp3) is 0.462. The molecule has 1 saturated carbocycles. The van der Waals surface area contributed by atoms with Crippen LogP contribution in [0, 0.1) is 18.7 Å². The molecule has 36 heavy (non-hydrogen) atoms. The lowest BCUT2D eigenvalue weighted by Gasteiger charge is -2.30. The average Bonchev–Trinajstić information content (AvgIpc) is 3.27. The van der Waals surface area contributed by atoms with Crippen LogP contribution in [0.2, 0.25) is 5.15 Å². The number of carbonyl (C=O) groups is 1. The third kappa shape index (κ3) is 6.32. The van der Waals surface area contributed by atoms with Crippen molar-refractivity contribution in [3.8, 4) is 22.7 Å². The van der Waals surface area contributed by atoms with E-state index in [0.29, 0.717) is 35.2 Å². The number of para-hydroxylation sites is 1. The van der Waals surface area contributed by atoms with E-state index in [9.17, 15) is 9.18 Å². The third-order valence-electron chi connectivity index (χ3n) is 6.06. The first-order valence-electron chi connectivity index (χ1n) is 12.0. The van der Waals surface area contributed by atoms with Gasteiger partial charge in [0.15, 0.2) is 10.9 Å². The molecule has 0 saturated heterocycles. The maximum Gasteiger partial charge on any atom is 0.407 e. The number of hydrogen-bond donors (Lipinski definition) is 1. The number of aryl methyl sites for hydroxylation is 1. The fourth-order valence-electron chi connectivity index (χ4n) is 4.32. The molecule has 2 heterocycles. The predicted octanol–water partition coefficient (Wildman–Crippen LogP) is 5.89. The van der Waals surface area contributed by atoms with Crippen LogP contribution in [0.25, 0.3) is 16.9 Å². The smallest absolute Gasteiger partial charge is 0.407 e. The van der Waals surface area contributed by atoms with Crippen molar-refractivity contribution in [3.05, 3.63) is 53.5 Å². The lowest BCUT2D eigenvalue weighted by molar-refractivity contribution is 0.0483. The Balaban J connectivity index is 1.40. The molecule has 4 rings (SSSR count). The lowest BCUT2D eigenvalue weighted by atomic mass is 9.86. The van der Waals surface area contributed by atoms with Gasteiger partial charge in [-0.15, -0.1) is 0 Å². The second kappa shape index (κ2) is 10.8. The molecule has 1 aromatic carbocycles. The van der Waals surface area contributed by atoms with E-state index >= 15 is 0 Å². The molecule has 0 spiro atoms. The van der Waals surface area contributed by atoms with Crippen molar-refractivity contribution in [1.29, 1.82) is 0 Å². The van der Waals surface area contributed by atoms with Gasteiger partial charge in [0.2, 0.25) is 0 Å². The van der Waals surface area contributed by atoms with Gasteiger partial charge in [-0.1, -0.05) is 23.7 Å². The minimum atomic E-state index is -0.519. The Morgan fingerprint density at radius 2 is 1.97 bits per heavy atom. The van der Waals surface area contributed by atoms with Crippen molar-refractivity contribution >= 4 is 17.7 Å². The van der Waals surface area contributed by atoms with Crippen molar-refractivity contribution in [2.45, 2.75) is 65.0 Å². The summed E-state index contributed by atoms with van der Waals surface area (Å²) in [6.45, 7) is 7.81. The molecule has 1 N–H and O–H groups in total. The number of aromatic nitrogens is 4. The zero-order valence-electron chi connectivity index (χ0n) is 20.9. The number of nitrogens with zero attached hydrogens (tertiary/aromatic N) is 4. The van der Waals surface area contributed by atoms with Crippen LogP contribution in [0.15, 0.2) is 36.9 Å². The van der Waals surface area contributed by atoms with E-state index < -0.39 is 5.60 Å². The molecule has 0 atom stereocenters. The Morgan fingerprint density at radius 3 is 2.67 bits per heavy atom. The van der Waals surface area contributed by atoms with Crippen LogP contribution in [-0.2, 0) is 4.74 Å². The Morgan fingerprint density at radius 1 is 1.22 bits per heavy atom. The zero-order chi connectivity index (χ0) is 25.9. The summed E-state index contributed by atoms with van der Waals surface area (Å²) in [6, 6.07) is 4.98. The van der Waals surface area contributed by atoms with Crippen LogP contribution in [0.5, 0.6) is 5.75 Å². The molecule has 1 amide bonds. The number of hydrogen-bond acceptors (Lipinski definition) is 6. The molecule has 0 unspecified atom stereocenters. The van der Waals surface area contributed by atoms with E-state index in [0.717, 1.165) is 31.2 Å². The summed E-state index contributed by atoms with van der Waals surface area (Å²) < 4.78 is 27.4. The van der Waals surface area contributed by atoms with Crippen LogP contribution in [0.1, 0.15) is 52.0 Å². The Labute approximate surface area is 215 Å². The summed E-state index contributed by atoms with van der Waals surface area (Å²) >= 11 is 6.38. The number of alkyl carbamates (subject to hydrolysis) is 1. The normalized spacial score (nSPS) is 18.1. The number of amides is 1. The first-order valence-corrected chi connectivity index (χ1v) is 12.4. The molecule has 0 bridgehead atoms. The van der Waals surface area contributed by atoms with Gasteiger partial charge in [0.25, 0.3) is 0 Å². The number of benzene rings is 1. The molecular formula is C26H31ClFN5O3. The highest BCUT2D eigenvalue weighted by Crippen LogP contribution is 2.35. The van der Waals surface area contributed by atoms with E-state index in [1.54, 1.807) is 18.5 Å². The molecule has 10 heteroatoms. The number of rotatable bonds is 6. The predicted molar refractivity (Wildman–Crippen MR) is 135 cm³/mol. The second-order valence-electron chi connectivity index (χ2n) is 10.1. The van der Waals surface area contributed by atoms with Crippen molar-refractivity contribution in [2.75, 3.05) is 6.61 Å². The Kier molecular flexibility index (Phi) is 7.78. The van der Waals surface area contributed by atoms with E-state index in [-0.39, 0.29) is 23.1 Å². The topological polar surface area (TPSA) is 91.2 Å². The molecule has 3 aromatic rings. The number of halogens is 2. The van der Waals surface area contributed by atoms with E-state index in [1.807, 2.05) is 33.8 Å². The summed E-state index contributed by atoms with van der Waals surface area (Å²) in [5.41, 5.74) is 1.76. The average molecular weight is 516 g/mol. The fourth-order valence-corrected chi connectivity index (χ4v) is 4.50. The number of ether oxygens (including phenoxy) is 2. The molecule has 8 nitrogen and oxygen atoms in total. The lowest BCUT2D eigenvalue weighted by Crippen LogP contribution is -2.41. The zero-order valence-corrected chi connectivity index (χ0v) is 21.7. The molecule has 1 fully saturated rings. The van der Waals surface area contributed by atoms with Gasteiger partial charge in [-0.25, -0.2) is 23.8 Å². The summed E-state index contributed by atoms with van der Waals surface area (Å²) in [6.07, 6.45) is 7.75. The molecule has 2 aromatic heterocycles. The van der Waals surface area contributed by atoms with Crippen LogP contribution < -0.4 is 10.1 Å². The van der Waals surface area contributed by atoms with E-state index in [1.165, 1.54) is 17.1 Å². The van der Waals surface area contributed by atoms with Gasteiger partial charge in [-0.2, -0.15) is 5.10 Å². The minimum absolute atomic E-state index is 0.0861. The van der Waals surface area contributed by atoms with Crippen molar-refractivity contribution in [1.82, 2.24) is 25.1 Å². The highest BCUT2D eigenvalue weighted by molar-refractivity contribution is 6.31. The standard InChI is InChI=1S/C26H31ClFN5O3/c1-16-6-5-7-20(28)22(16)33-13-18(12-31-33)21-23(24(27)30-15-29-21)35-14-17-8-10-19(11-9-17)32-25(34)36-26(2,3)4/h5-7,12-13,15,17,19H,8-11,14H2,1-4H3,(H,32,34)/t17-,19+. The molecular weight excluding hydrogens is 485 g/mol. The van der Waals surface area contributed by atoms with Gasteiger partial charge in [0.1, 0.15) is 29.1 Å². The van der Waals surface area contributed by atoms with E-state index in [4.69, 9.17) is 21.1 Å². The molecule has 1 aliphatic rings. The maximum absolute atomic E-state index is 14.4. The van der Waals surface area contributed by atoms with Crippen molar-refractivity contribution < 1.29 is 18.7 Å². The van der Waals surface area contributed by atoms with Gasteiger partial charge < -0.3 is 14.8 Å². The Bertz CT molecular complexity index is 1200. The van der Waals surface area contributed by atoms with E-state index in [2.05, 4.69) is 20.4 Å². The van der Waals surface area contributed by atoms with Gasteiger partial charge in [-0.05, 0) is 70.9 Å². The van der Waals surface area contributed by atoms with Crippen LogP contribution >= 0.6 is 11.6 Å². The SMILES string of the molecule is Cc1cccc(F)c1-n1cc(-c2ncnc(Cl)c2OC[C@H]2CC[C@@H](NC(=O)OC(C)(C)C)CC2)cn1. The van der Waals surface area contributed by atoms with Gasteiger partial charge in [0.05, 0.1) is 12.8 Å². The number of nitrogens with one attached hydrogen (secondary N) is 1. The van der Waals surface area contributed by atoms with Gasteiger partial charge in [-0.3, -0.25) is 0 Å². The van der Waals surface area contributed by atoms with Crippen LogP contribution in [-0.4, -0.2) is 44.1 Å². The summed E-state index contributed by atoms with van der Waals surface area (Å²) in [4.78, 5) is 20.5. The summed E-state index contributed by atoms with van der Waals surface area (Å²) in [5, 5.41) is 7.49. The first-order chi connectivity index (χ1) is 17.1. The number of carbonyl (C=O) groups excluding carboxylic acids is 1. The van der Waals surface area contributed by atoms with Crippen LogP contribution in [0.3, 0.4) is 0 Å². The first kappa shape index (κ1) is 25.9. The molecule has 1 aliphatic carbocycles. The van der Waals surface area contributed by atoms with Crippen molar-refractivity contribution in [3.63, 3.8) is 0 Å². The van der Waals surface area contributed by atoms with Crippen LogP contribution in [0.4, 0.5) is 9.18 Å². The summed E-state index contributed by atoms with van der Waals surface area (Å²) in [5.74, 6) is 0.311. The molecule has 0 radical (unpaired) electrons. The highest BCUT2D eigenvalue weighted by Gasteiger charge is 2.26. The summed E-state index contributed by atoms with van der Waals surface area (Å²) in [7, 11) is 0. The van der Waals surface area contributed by atoms with Crippen molar-refractivity contribution in [2.24, 2.45) is 5.92 Å². The third-order valence-corrected chi connectivity index (χ3v) is 6.33. The van der Waals surface area contributed by atoms with Gasteiger partial charge >= 0.3 is 6.09 Å². The monoisotopic (exact) mass is 515 g/mol. The highest BCUT2D eigenvalue weighted by atomic mass is 35.5. The van der Waals surface area contributed by atoms with Gasteiger partial charge in [0, 0.05) is 17.8 Å². The maximum atomic E-state index is 14.4. The second-order valence-corrected chi connectivity index (χ2v) is 10.5.